The molecule has 6 nitrogen and oxygen atoms in total. The van der Waals surface area contributed by atoms with Crippen LogP contribution in [0.1, 0.15) is 48.3 Å². The van der Waals surface area contributed by atoms with Gasteiger partial charge in [-0.05, 0) is 74.8 Å². The van der Waals surface area contributed by atoms with Crippen molar-refractivity contribution in [1.82, 2.24) is 15.5 Å². The third-order valence-corrected chi connectivity index (χ3v) is 7.48. The summed E-state index contributed by atoms with van der Waals surface area (Å²) in [5, 5.41) is 5.97. The number of likely N-dealkylation sites (tertiary alicyclic amines) is 1. The minimum atomic E-state index is -0.750. The Morgan fingerprint density at radius 2 is 1.76 bits per heavy atom. The first-order chi connectivity index (χ1) is 16.2. The van der Waals surface area contributed by atoms with Gasteiger partial charge in [-0.15, -0.1) is 0 Å². The molecule has 2 aliphatic rings. The van der Waals surface area contributed by atoms with Crippen molar-refractivity contribution >= 4 is 40.9 Å². The summed E-state index contributed by atoms with van der Waals surface area (Å²) in [6, 6.07) is 9.51. The molecule has 0 saturated carbocycles. The smallest absolute Gasteiger partial charge is 0.234 e. The number of imide groups is 1. The fourth-order valence-corrected chi connectivity index (χ4v) is 5.60. The van der Waals surface area contributed by atoms with E-state index in [1.54, 1.807) is 24.3 Å². The summed E-state index contributed by atoms with van der Waals surface area (Å²) in [6.07, 6.45) is 1.81. The van der Waals surface area contributed by atoms with Crippen LogP contribution in [0.5, 0.6) is 0 Å². The highest BCUT2D eigenvalue weighted by Crippen LogP contribution is 2.38. The molecule has 4 rings (SSSR count). The summed E-state index contributed by atoms with van der Waals surface area (Å²) in [4.78, 5) is 39.4. The molecule has 2 N–H and O–H groups in total. The first-order valence-electron chi connectivity index (χ1n) is 11.2. The van der Waals surface area contributed by atoms with Crippen LogP contribution in [0.25, 0.3) is 0 Å². The fourth-order valence-electron chi connectivity index (χ4n) is 4.81. The Bertz CT molecular complexity index is 1090. The molecule has 2 fully saturated rings. The van der Waals surface area contributed by atoms with Crippen molar-refractivity contribution in [2.45, 2.75) is 43.6 Å². The maximum atomic E-state index is 13.5. The van der Waals surface area contributed by atoms with Crippen LogP contribution in [0.15, 0.2) is 36.4 Å². The van der Waals surface area contributed by atoms with Crippen molar-refractivity contribution in [3.05, 3.63) is 69.0 Å². The Hall–Kier alpha value is -2.48. The minimum absolute atomic E-state index is 0.131. The van der Waals surface area contributed by atoms with E-state index < -0.39 is 17.2 Å². The number of nitrogens with one attached hydrogen (secondary N) is 2. The van der Waals surface area contributed by atoms with Crippen LogP contribution in [0.2, 0.25) is 10.0 Å². The van der Waals surface area contributed by atoms with E-state index in [2.05, 4.69) is 15.5 Å². The molecule has 0 radical (unpaired) electrons. The van der Waals surface area contributed by atoms with Gasteiger partial charge in [-0.2, -0.15) is 0 Å². The van der Waals surface area contributed by atoms with Gasteiger partial charge in [-0.25, -0.2) is 4.39 Å². The molecule has 34 heavy (non-hydrogen) atoms. The highest BCUT2D eigenvalue weighted by molar-refractivity contribution is 6.36. The van der Waals surface area contributed by atoms with E-state index in [9.17, 15) is 18.8 Å². The zero-order valence-electron chi connectivity index (χ0n) is 18.8. The zero-order valence-corrected chi connectivity index (χ0v) is 20.3. The summed E-state index contributed by atoms with van der Waals surface area (Å²) < 4.78 is 13.5. The highest BCUT2D eigenvalue weighted by Gasteiger charge is 2.42. The van der Waals surface area contributed by atoms with E-state index in [4.69, 9.17) is 23.2 Å². The number of nitrogens with zero attached hydrogens (tertiary/aromatic N) is 1. The Morgan fingerprint density at radius 3 is 2.35 bits per heavy atom. The van der Waals surface area contributed by atoms with Gasteiger partial charge >= 0.3 is 0 Å². The van der Waals surface area contributed by atoms with Crippen LogP contribution < -0.4 is 10.6 Å². The van der Waals surface area contributed by atoms with Crippen LogP contribution in [-0.4, -0.2) is 42.8 Å². The van der Waals surface area contributed by atoms with Crippen molar-refractivity contribution in [3.63, 3.8) is 0 Å². The average Bonchev–Trinajstić information content (AvgIpc) is 2.79. The van der Waals surface area contributed by atoms with Crippen molar-refractivity contribution in [3.8, 4) is 0 Å². The standard InChI is InChI=1S/C25H26Cl2FN3O3/c1-31-10-8-25(9-11-31,16-2-4-17(28)5-3-16)24(34)29-14-15-12-19(26)22(20(27)13-15)18-6-7-21(32)30-23(18)33/h2-5,12-13,18H,6-11,14H2,1H3,(H,29,34)(H,30,32,33). The molecule has 1 unspecified atom stereocenters. The van der Waals surface area contributed by atoms with E-state index in [-0.39, 0.29) is 30.6 Å². The van der Waals surface area contributed by atoms with Gasteiger partial charge < -0.3 is 10.2 Å². The third-order valence-electron chi connectivity index (χ3n) is 6.85. The third kappa shape index (κ3) is 4.97. The molecule has 2 aromatic rings. The molecule has 2 heterocycles. The predicted molar refractivity (Wildman–Crippen MR) is 128 cm³/mol. The molecule has 0 spiro atoms. The molecule has 1 atom stereocenters. The minimum Gasteiger partial charge on any atom is -0.351 e. The van der Waals surface area contributed by atoms with E-state index >= 15 is 0 Å². The quantitative estimate of drug-likeness (QED) is 0.603. The number of hydrogen-bond acceptors (Lipinski definition) is 4. The molecular formula is C25H26Cl2FN3O3. The van der Waals surface area contributed by atoms with Crippen LogP contribution in [-0.2, 0) is 26.3 Å². The number of benzene rings is 2. The summed E-state index contributed by atoms with van der Waals surface area (Å²) in [5.41, 5.74) is 1.23. The normalized spacial score (nSPS) is 20.6. The van der Waals surface area contributed by atoms with E-state index in [1.165, 1.54) is 12.1 Å². The van der Waals surface area contributed by atoms with Crippen LogP contribution in [0.4, 0.5) is 4.39 Å². The second kappa shape index (κ2) is 10.0. The van der Waals surface area contributed by atoms with Gasteiger partial charge in [0.2, 0.25) is 17.7 Å². The number of rotatable bonds is 5. The SMILES string of the molecule is CN1CCC(C(=O)NCc2cc(Cl)c(C3CCC(=O)NC3=O)c(Cl)c2)(c2ccc(F)cc2)CC1. The van der Waals surface area contributed by atoms with Gasteiger partial charge in [0, 0.05) is 28.6 Å². The number of carbonyl (C=O) groups excluding carboxylic acids is 3. The van der Waals surface area contributed by atoms with E-state index in [1.807, 2.05) is 7.05 Å². The van der Waals surface area contributed by atoms with Gasteiger partial charge in [-0.1, -0.05) is 35.3 Å². The number of amides is 3. The first kappa shape index (κ1) is 24.6. The lowest BCUT2D eigenvalue weighted by atomic mass is 9.72. The number of halogens is 3. The molecular weight excluding hydrogens is 480 g/mol. The van der Waals surface area contributed by atoms with Gasteiger partial charge in [0.05, 0.1) is 11.3 Å². The second-order valence-corrected chi connectivity index (χ2v) is 9.87. The van der Waals surface area contributed by atoms with Crippen LogP contribution >= 0.6 is 23.2 Å². The van der Waals surface area contributed by atoms with Crippen LogP contribution in [0.3, 0.4) is 0 Å². The molecule has 9 heteroatoms. The molecule has 180 valence electrons. The van der Waals surface area contributed by atoms with E-state index in [0.29, 0.717) is 40.4 Å². The Morgan fingerprint density at radius 1 is 1.15 bits per heavy atom. The maximum Gasteiger partial charge on any atom is 0.234 e. The van der Waals surface area contributed by atoms with Gasteiger partial charge in [0.25, 0.3) is 0 Å². The number of hydrogen-bond donors (Lipinski definition) is 2. The highest BCUT2D eigenvalue weighted by atomic mass is 35.5. The lowest BCUT2D eigenvalue weighted by Gasteiger charge is -2.40. The van der Waals surface area contributed by atoms with Gasteiger partial charge in [0.1, 0.15) is 5.82 Å². The number of carbonyl (C=O) groups is 3. The molecule has 0 aromatic heterocycles. The Kier molecular flexibility index (Phi) is 7.26. The van der Waals surface area contributed by atoms with Crippen molar-refractivity contribution in [1.29, 1.82) is 0 Å². The summed E-state index contributed by atoms with van der Waals surface area (Å²) in [6.45, 7) is 1.71. The molecule has 0 bridgehead atoms. The summed E-state index contributed by atoms with van der Waals surface area (Å²) in [5.74, 6) is -1.79. The zero-order chi connectivity index (χ0) is 24.5. The predicted octanol–water partition coefficient (Wildman–Crippen LogP) is 3.93. The number of piperidine rings is 2. The largest absolute Gasteiger partial charge is 0.351 e. The maximum absolute atomic E-state index is 13.5. The molecule has 3 amide bonds. The molecule has 2 aliphatic heterocycles. The molecule has 2 aromatic carbocycles. The summed E-state index contributed by atoms with van der Waals surface area (Å²) in [7, 11) is 2.01. The lowest BCUT2D eigenvalue weighted by Crippen LogP contribution is -2.50. The molecule has 0 aliphatic carbocycles. The topological polar surface area (TPSA) is 78.5 Å². The second-order valence-electron chi connectivity index (χ2n) is 9.05. The fraction of sp³-hybridized carbons (Fsp3) is 0.400. The first-order valence-corrected chi connectivity index (χ1v) is 12.0. The van der Waals surface area contributed by atoms with Crippen LogP contribution in [0, 0.1) is 5.82 Å². The van der Waals surface area contributed by atoms with Gasteiger partial charge in [-0.3, -0.25) is 19.7 Å². The van der Waals surface area contributed by atoms with Crippen molar-refractivity contribution in [2.75, 3.05) is 20.1 Å². The molecule has 2 saturated heterocycles. The van der Waals surface area contributed by atoms with Crippen molar-refractivity contribution in [2.24, 2.45) is 0 Å². The Labute approximate surface area is 207 Å². The van der Waals surface area contributed by atoms with E-state index in [0.717, 1.165) is 18.7 Å². The Balaban J connectivity index is 1.52. The van der Waals surface area contributed by atoms with Gasteiger partial charge in [0.15, 0.2) is 0 Å². The average molecular weight is 506 g/mol. The lowest BCUT2D eigenvalue weighted by molar-refractivity contribution is -0.134. The summed E-state index contributed by atoms with van der Waals surface area (Å²) >= 11 is 13.0. The van der Waals surface area contributed by atoms with Crippen molar-refractivity contribution < 1.29 is 18.8 Å². The monoisotopic (exact) mass is 505 g/mol.